The standard InChI is InChI=1S/C10H14N2O3S/c13-8-1-3-12(4-2-8)5-7-6-16-9(11-7)10(14)15/h6,8,13H,1-5H2,(H,14,15). The van der Waals surface area contributed by atoms with E-state index in [-0.39, 0.29) is 11.1 Å². The number of likely N-dealkylation sites (tertiary alicyclic amines) is 1. The number of aliphatic hydroxyl groups excluding tert-OH is 1. The lowest BCUT2D eigenvalue weighted by Gasteiger charge is -2.28. The van der Waals surface area contributed by atoms with E-state index < -0.39 is 5.97 Å². The van der Waals surface area contributed by atoms with Crippen molar-refractivity contribution in [2.75, 3.05) is 13.1 Å². The van der Waals surface area contributed by atoms with Gasteiger partial charge in [0.15, 0.2) is 0 Å². The fraction of sp³-hybridized carbons (Fsp3) is 0.600. The van der Waals surface area contributed by atoms with Crippen molar-refractivity contribution in [1.82, 2.24) is 9.88 Å². The Kier molecular flexibility index (Phi) is 3.52. The molecule has 2 N–H and O–H groups in total. The molecule has 0 saturated carbocycles. The first-order chi connectivity index (χ1) is 7.65. The second kappa shape index (κ2) is 4.90. The van der Waals surface area contributed by atoms with Crippen LogP contribution < -0.4 is 0 Å². The molecule has 0 aliphatic carbocycles. The number of thiazole rings is 1. The highest BCUT2D eigenvalue weighted by Gasteiger charge is 2.18. The molecule has 1 aliphatic rings. The van der Waals surface area contributed by atoms with Crippen molar-refractivity contribution in [3.63, 3.8) is 0 Å². The second-order valence-electron chi connectivity index (χ2n) is 3.96. The van der Waals surface area contributed by atoms with Gasteiger partial charge in [0, 0.05) is 25.0 Å². The maximum absolute atomic E-state index is 10.7. The molecule has 0 atom stereocenters. The quantitative estimate of drug-likeness (QED) is 0.820. The van der Waals surface area contributed by atoms with Crippen LogP contribution in [0.4, 0.5) is 0 Å². The average molecular weight is 242 g/mol. The number of aromatic carboxylic acids is 1. The van der Waals surface area contributed by atoms with Gasteiger partial charge in [-0.05, 0) is 12.8 Å². The molecule has 0 spiro atoms. The van der Waals surface area contributed by atoms with Crippen molar-refractivity contribution in [1.29, 1.82) is 0 Å². The zero-order valence-corrected chi connectivity index (χ0v) is 9.61. The summed E-state index contributed by atoms with van der Waals surface area (Å²) in [5.41, 5.74) is 0.804. The van der Waals surface area contributed by atoms with Crippen LogP contribution in [0.3, 0.4) is 0 Å². The van der Waals surface area contributed by atoms with Gasteiger partial charge in [0.05, 0.1) is 11.8 Å². The molecule has 6 heteroatoms. The van der Waals surface area contributed by atoms with Crippen LogP contribution in [0, 0.1) is 0 Å². The number of rotatable bonds is 3. The lowest BCUT2D eigenvalue weighted by molar-refractivity contribution is 0.0695. The number of hydrogen-bond acceptors (Lipinski definition) is 5. The Morgan fingerprint density at radius 2 is 2.25 bits per heavy atom. The molecule has 1 aliphatic heterocycles. The molecule has 1 fully saturated rings. The van der Waals surface area contributed by atoms with Gasteiger partial charge in [0.2, 0.25) is 5.01 Å². The molecule has 0 aromatic carbocycles. The molecular formula is C10H14N2O3S. The summed E-state index contributed by atoms with van der Waals surface area (Å²) in [7, 11) is 0. The molecule has 5 nitrogen and oxygen atoms in total. The minimum Gasteiger partial charge on any atom is -0.476 e. The Bertz CT molecular complexity index is 372. The van der Waals surface area contributed by atoms with Crippen molar-refractivity contribution in [2.45, 2.75) is 25.5 Å². The highest BCUT2D eigenvalue weighted by atomic mass is 32.1. The summed E-state index contributed by atoms with van der Waals surface area (Å²) in [6.07, 6.45) is 1.40. The van der Waals surface area contributed by atoms with E-state index >= 15 is 0 Å². The van der Waals surface area contributed by atoms with Crippen LogP contribution in [-0.4, -0.2) is 45.3 Å². The third-order valence-electron chi connectivity index (χ3n) is 2.68. The average Bonchev–Trinajstić information content (AvgIpc) is 2.70. The summed E-state index contributed by atoms with van der Waals surface area (Å²) in [5, 5.41) is 20.0. The zero-order valence-electron chi connectivity index (χ0n) is 8.80. The number of carbonyl (C=O) groups is 1. The molecular weight excluding hydrogens is 228 g/mol. The van der Waals surface area contributed by atoms with E-state index in [0.29, 0.717) is 6.54 Å². The fourth-order valence-electron chi connectivity index (χ4n) is 1.78. The predicted octanol–water partition coefficient (Wildman–Crippen LogP) is 0.798. The minimum atomic E-state index is -0.967. The monoisotopic (exact) mass is 242 g/mol. The Balaban J connectivity index is 1.91. The third-order valence-corrected chi connectivity index (χ3v) is 3.56. The second-order valence-corrected chi connectivity index (χ2v) is 4.81. The summed E-state index contributed by atoms with van der Waals surface area (Å²) in [6, 6.07) is 0. The number of nitrogens with zero attached hydrogens (tertiary/aromatic N) is 2. The molecule has 2 rings (SSSR count). The molecule has 2 heterocycles. The molecule has 1 aromatic heterocycles. The summed E-state index contributed by atoms with van der Waals surface area (Å²) in [4.78, 5) is 16.9. The van der Waals surface area contributed by atoms with Gasteiger partial charge in [-0.3, -0.25) is 4.90 Å². The van der Waals surface area contributed by atoms with E-state index in [1.165, 1.54) is 0 Å². The van der Waals surface area contributed by atoms with Crippen molar-refractivity contribution in [3.05, 3.63) is 16.1 Å². The highest BCUT2D eigenvalue weighted by molar-refractivity contribution is 7.11. The number of carboxylic acids is 1. The normalized spacial score (nSPS) is 18.8. The van der Waals surface area contributed by atoms with Gasteiger partial charge in [0.25, 0.3) is 0 Å². The van der Waals surface area contributed by atoms with Gasteiger partial charge in [-0.15, -0.1) is 11.3 Å². The molecule has 0 amide bonds. The van der Waals surface area contributed by atoms with Crippen LogP contribution in [0.5, 0.6) is 0 Å². The van der Waals surface area contributed by atoms with Gasteiger partial charge in [0.1, 0.15) is 0 Å². The summed E-state index contributed by atoms with van der Waals surface area (Å²) >= 11 is 1.16. The van der Waals surface area contributed by atoms with Gasteiger partial charge in [-0.25, -0.2) is 9.78 Å². The van der Waals surface area contributed by atoms with Crippen LogP contribution in [0.25, 0.3) is 0 Å². The zero-order chi connectivity index (χ0) is 11.5. The molecule has 1 saturated heterocycles. The number of carboxylic acid groups (broad SMARTS) is 1. The Morgan fingerprint density at radius 3 is 2.81 bits per heavy atom. The van der Waals surface area contributed by atoms with Crippen LogP contribution in [-0.2, 0) is 6.54 Å². The highest BCUT2D eigenvalue weighted by Crippen LogP contribution is 2.15. The van der Waals surface area contributed by atoms with Gasteiger partial charge in [-0.2, -0.15) is 0 Å². The minimum absolute atomic E-state index is 0.145. The summed E-state index contributed by atoms with van der Waals surface area (Å²) < 4.78 is 0. The van der Waals surface area contributed by atoms with Crippen molar-refractivity contribution >= 4 is 17.3 Å². The van der Waals surface area contributed by atoms with Gasteiger partial charge in [-0.1, -0.05) is 0 Å². The molecule has 0 bridgehead atoms. The van der Waals surface area contributed by atoms with Crippen molar-refractivity contribution in [2.24, 2.45) is 0 Å². The van der Waals surface area contributed by atoms with Crippen LogP contribution in [0.1, 0.15) is 28.3 Å². The third kappa shape index (κ3) is 2.78. The van der Waals surface area contributed by atoms with Gasteiger partial charge < -0.3 is 10.2 Å². The number of hydrogen-bond donors (Lipinski definition) is 2. The molecule has 88 valence electrons. The molecule has 1 aromatic rings. The summed E-state index contributed by atoms with van der Waals surface area (Å²) in [5.74, 6) is -0.967. The molecule has 16 heavy (non-hydrogen) atoms. The van der Waals surface area contributed by atoms with Crippen LogP contribution in [0.15, 0.2) is 5.38 Å². The van der Waals surface area contributed by atoms with Gasteiger partial charge >= 0.3 is 5.97 Å². The van der Waals surface area contributed by atoms with Crippen molar-refractivity contribution < 1.29 is 15.0 Å². The Labute approximate surface area is 97.4 Å². The van der Waals surface area contributed by atoms with E-state index in [2.05, 4.69) is 9.88 Å². The lowest BCUT2D eigenvalue weighted by Crippen LogP contribution is -2.35. The van der Waals surface area contributed by atoms with Crippen LogP contribution >= 0.6 is 11.3 Å². The van der Waals surface area contributed by atoms with Crippen molar-refractivity contribution in [3.8, 4) is 0 Å². The van der Waals surface area contributed by atoms with E-state index in [4.69, 9.17) is 5.11 Å². The Hall–Kier alpha value is -0.980. The van der Waals surface area contributed by atoms with Crippen LogP contribution in [0.2, 0.25) is 0 Å². The first-order valence-electron chi connectivity index (χ1n) is 5.23. The van der Waals surface area contributed by atoms with E-state index in [0.717, 1.165) is 43.0 Å². The SMILES string of the molecule is O=C(O)c1nc(CN2CCC(O)CC2)cs1. The predicted molar refractivity (Wildman–Crippen MR) is 59.6 cm³/mol. The summed E-state index contributed by atoms with van der Waals surface area (Å²) in [6.45, 7) is 2.37. The molecule has 0 unspecified atom stereocenters. The van der Waals surface area contributed by atoms with E-state index in [1.807, 2.05) is 0 Å². The Morgan fingerprint density at radius 1 is 1.56 bits per heavy atom. The maximum atomic E-state index is 10.7. The first kappa shape index (κ1) is 11.5. The smallest absolute Gasteiger partial charge is 0.365 e. The first-order valence-corrected chi connectivity index (χ1v) is 6.11. The largest absolute Gasteiger partial charge is 0.476 e. The topological polar surface area (TPSA) is 73.7 Å². The van der Waals surface area contributed by atoms with E-state index in [1.54, 1.807) is 5.38 Å². The maximum Gasteiger partial charge on any atom is 0.365 e. The van der Waals surface area contributed by atoms with E-state index in [9.17, 15) is 9.90 Å². The lowest BCUT2D eigenvalue weighted by atomic mass is 10.1. The number of piperidine rings is 1. The number of aromatic nitrogens is 1. The molecule has 0 radical (unpaired) electrons. The fourth-order valence-corrected chi connectivity index (χ4v) is 2.43. The number of aliphatic hydroxyl groups is 1.